The van der Waals surface area contributed by atoms with Crippen molar-refractivity contribution in [3.63, 3.8) is 0 Å². The fourth-order valence-corrected chi connectivity index (χ4v) is 6.11. The molecule has 4 rings (SSSR count). The third-order valence-electron chi connectivity index (χ3n) is 5.81. The molecule has 2 heterocycles. The van der Waals surface area contributed by atoms with Crippen molar-refractivity contribution in [1.29, 1.82) is 0 Å². The Morgan fingerprint density at radius 2 is 1.50 bits per heavy atom. The highest BCUT2D eigenvalue weighted by molar-refractivity contribution is 7.55. The maximum absolute atomic E-state index is 14.8. The van der Waals surface area contributed by atoms with Gasteiger partial charge in [-0.25, -0.2) is 13.8 Å². The van der Waals surface area contributed by atoms with Gasteiger partial charge in [0, 0.05) is 0 Å². The van der Waals surface area contributed by atoms with E-state index >= 15 is 0 Å². The minimum Gasteiger partial charge on any atom is -0.497 e. The highest BCUT2D eigenvalue weighted by Gasteiger charge is 2.70. The van der Waals surface area contributed by atoms with Gasteiger partial charge in [-0.1, -0.05) is 0 Å². The molecule has 3 aromatic rings. The minimum atomic E-state index is -5.13. The molecule has 15 heteroatoms. The molecule has 0 spiro atoms. The molecular formula is C23H25FN3O10P. The number of benzene rings is 2. The summed E-state index contributed by atoms with van der Waals surface area (Å²) in [5.41, 5.74) is 1.15. The molecule has 0 unspecified atom stereocenters. The molecule has 38 heavy (non-hydrogen) atoms. The molecule has 0 bridgehead atoms. The van der Waals surface area contributed by atoms with Gasteiger partial charge in [-0.3, -0.25) is 4.57 Å². The first kappa shape index (κ1) is 27.4. The van der Waals surface area contributed by atoms with Crippen LogP contribution in [-0.2, 0) is 14.8 Å². The normalized spacial score (nSPS) is 23.2. The summed E-state index contributed by atoms with van der Waals surface area (Å²) in [4.78, 5) is 16.3. The van der Waals surface area contributed by atoms with E-state index in [2.05, 4.69) is 4.98 Å². The van der Waals surface area contributed by atoms with Crippen molar-refractivity contribution in [2.24, 2.45) is 0 Å². The highest BCUT2D eigenvalue weighted by Crippen LogP contribution is 2.66. The summed E-state index contributed by atoms with van der Waals surface area (Å²) in [7, 11) is -2.27. The largest absolute Gasteiger partial charge is 0.497 e. The number of anilines is 1. The van der Waals surface area contributed by atoms with Gasteiger partial charge in [0.1, 0.15) is 41.3 Å². The standard InChI is InChI=1S/C23H25FN3O10P/c1-33-13-3-7-15(8-4-13)36-38(32,37-16-9-5-14(34-2)6-10-16)23(20(30)19(29)18(12-28)35-23)27-11-17(24)21(25)26-22(27)31/h3-11,18-20,28-30H,12H2,1-2H3,(H2,25,26,31)/t18-,19-,20-,23+/m1/s1. The second-order valence-corrected chi connectivity index (χ2v) is 10.1. The van der Waals surface area contributed by atoms with E-state index in [9.17, 15) is 29.1 Å². The molecule has 0 radical (unpaired) electrons. The Bertz CT molecular complexity index is 1330. The van der Waals surface area contributed by atoms with E-state index in [-0.39, 0.29) is 11.5 Å². The van der Waals surface area contributed by atoms with Crippen LogP contribution in [0.25, 0.3) is 0 Å². The summed E-state index contributed by atoms with van der Waals surface area (Å²) < 4.78 is 57.2. The number of methoxy groups -OCH3 is 2. The van der Waals surface area contributed by atoms with Gasteiger partial charge in [0.2, 0.25) is 0 Å². The van der Waals surface area contributed by atoms with Crippen molar-refractivity contribution in [1.82, 2.24) is 9.55 Å². The monoisotopic (exact) mass is 553 g/mol. The molecule has 13 nitrogen and oxygen atoms in total. The van der Waals surface area contributed by atoms with Gasteiger partial charge in [0.15, 0.2) is 11.6 Å². The van der Waals surface area contributed by atoms with Crippen LogP contribution in [0.4, 0.5) is 10.2 Å². The fraction of sp³-hybridized carbons (Fsp3) is 0.304. The molecule has 0 saturated carbocycles. The lowest BCUT2D eigenvalue weighted by Gasteiger charge is -2.38. The first-order chi connectivity index (χ1) is 18.1. The number of halogens is 1. The second-order valence-electron chi connectivity index (χ2n) is 8.09. The zero-order chi connectivity index (χ0) is 27.7. The predicted molar refractivity (Wildman–Crippen MR) is 130 cm³/mol. The molecule has 2 aromatic carbocycles. The molecule has 1 saturated heterocycles. The Kier molecular flexibility index (Phi) is 7.63. The molecular weight excluding hydrogens is 528 g/mol. The van der Waals surface area contributed by atoms with Gasteiger partial charge >= 0.3 is 18.8 Å². The van der Waals surface area contributed by atoms with Crippen LogP contribution in [0.2, 0.25) is 0 Å². The Hall–Kier alpha value is -3.68. The Morgan fingerprint density at radius 1 is 1.03 bits per heavy atom. The van der Waals surface area contributed by atoms with Crippen LogP contribution in [0, 0.1) is 5.82 Å². The van der Waals surface area contributed by atoms with Crippen molar-refractivity contribution in [3.8, 4) is 23.0 Å². The quantitative estimate of drug-likeness (QED) is 0.277. The van der Waals surface area contributed by atoms with Crippen LogP contribution in [0.15, 0.2) is 59.5 Å². The number of rotatable bonds is 9. The van der Waals surface area contributed by atoms with Crippen LogP contribution in [0.5, 0.6) is 23.0 Å². The maximum atomic E-state index is 14.8. The molecule has 1 fully saturated rings. The van der Waals surface area contributed by atoms with E-state index < -0.39 is 55.3 Å². The van der Waals surface area contributed by atoms with E-state index in [4.69, 9.17) is 29.0 Å². The first-order valence-electron chi connectivity index (χ1n) is 11.1. The zero-order valence-corrected chi connectivity index (χ0v) is 21.0. The van der Waals surface area contributed by atoms with Crippen molar-refractivity contribution in [2.45, 2.75) is 23.8 Å². The first-order valence-corrected chi connectivity index (χ1v) is 12.6. The van der Waals surface area contributed by atoms with Gasteiger partial charge in [-0.15, -0.1) is 0 Å². The van der Waals surface area contributed by atoms with Crippen molar-refractivity contribution >= 4 is 13.4 Å². The Labute approximate surface area is 215 Å². The summed E-state index contributed by atoms with van der Waals surface area (Å²) in [5.74, 6) is -1.37. The van der Waals surface area contributed by atoms with E-state index in [0.29, 0.717) is 22.3 Å². The van der Waals surface area contributed by atoms with Crippen LogP contribution >= 0.6 is 7.60 Å². The number of aliphatic hydroxyl groups is 3. The predicted octanol–water partition coefficient (Wildman–Crippen LogP) is 1.06. The van der Waals surface area contributed by atoms with Crippen LogP contribution in [-0.4, -0.2) is 64.0 Å². The molecule has 5 N–H and O–H groups in total. The highest BCUT2D eigenvalue weighted by atomic mass is 31.2. The number of nitrogens with two attached hydrogens (primary N) is 1. The number of nitrogens with zero attached hydrogens (tertiary/aromatic N) is 2. The van der Waals surface area contributed by atoms with Crippen LogP contribution in [0.3, 0.4) is 0 Å². The third-order valence-corrected chi connectivity index (χ3v) is 8.08. The molecule has 1 aliphatic rings. The number of hydrogen-bond acceptors (Lipinski definition) is 12. The van der Waals surface area contributed by atoms with E-state index in [0.717, 1.165) is 0 Å². The Morgan fingerprint density at radius 3 is 1.92 bits per heavy atom. The number of hydrogen-bond donors (Lipinski definition) is 4. The molecule has 0 aliphatic carbocycles. The smallest absolute Gasteiger partial charge is 0.486 e. The van der Waals surface area contributed by atoms with E-state index in [1.54, 1.807) is 0 Å². The fourth-order valence-electron chi connectivity index (χ4n) is 3.87. The SMILES string of the molecule is COc1ccc(OP(=O)(Oc2ccc(OC)cc2)[C@@]2(n3cc(F)c(N)nc3=O)O[C@H](CO)[C@@H](O)[C@H]2O)cc1. The summed E-state index contributed by atoms with van der Waals surface area (Å²) in [5, 5.41) is 31.6. The van der Waals surface area contributed by atoms with Crippen molar-refractivity contribution < 1.29 is 47.5 Å². The molecule has 204 valence electrons. The second kappa shape index (κ2) is 10.6. The van der Waals surface area contributed by atoms with Crippen LogP contribution in [0.1, 0.15) is 0 Å². The minimum absolute atomic E-state index is 0.100. The number of ether oxygens (including phenoxy) is 3. The van der Waals surface area contributed by atoms with Gasteiger partial charge < -0.3 is 44.3 Å². The number of aliphatic hydroxyl groups excluding tert-OH is 3. The number of nitrogen functional groups attached to an aromatic ring is 1. The zero-order valence-electron chi connectivity index (χ0n) is 20.1. The Balaban J connectivity index is 1.97. The van der Waals surface area contributed by atoms with Gasteiger partial charge in [0.25, 0.3) is 0 Å². The van der Waals surface area contributed by atoms with Crippen molar-refractivity contribution in [2.75, 3.05) is 26.6 Å². The average molecular weight is 553 g/mol. The van der Waals surface area contributed by atoms with E-state index in [1.165, 1.54) is 62.8 Å². The summed E-state index contributed by atoms with van der Waals surface area (Å²) in [6, 6.07) is 11.3. The lowest BCUT2D eigenvalue weighted by Crippen LogP contribution is -2.52. The van der Waals surface area contributed by atoms with Gasteiger partial charge in [-0.2, -0.15) is 4.98 Å². The summed E-state index contributed by atoms with van der Waals surface area (Å²) >= 11 is 0. The summed E-state index contributed by atoms with van der Waals surface area (Å²) in [6.45, 7) is -0.884. The third kappa shape index (κ3) is 4.68. The maximum Gasteiger partial charge on any atom is 0.486 e. The topological polar surface area (TPSA) is 185 Å². The molecule has 1 aromatic heterocycles. The average Bonchev–Trinajstić information content (AvgIpc) is 3.18. The van der Waals surface area contributed by atoms with E-state index in [1.807, 2.05) is 0 Å². The van der Waals surface area contributed by atoms with Gasteiger partial charge in [0.05, 0.1) is 27.0 Å². The lowest BCUT2D eigenvalue weighted by atomic mass is 10.1. The van der Waals surface area contributed by atoms with Gasteiger partial charge in [-0.05, 0) is 48.5 Å². The molecule has 1 aliphatic heterocycles. The number of aromatic nitrogens is 2. The van der Waals surface area contributed by atoms with Crippen LogP contribution < -0.4 is 29.9 Å². The lowest BCUT2D eigenvalue weighted by molar-refractivity contribution is -0.101. The summed E-state index contributed by atoms with van der Waals surface area (Å²) in [6.07, 6.45) is -5.28. The molecule has 4 atom stereocenters. The molecule has 0 amide bonds. The van der Waals surface area contributed by atoms with Crippen molar-refractivity contribution in [3.05, 3.63) is 71.0 Å².